The van der Waals surface area contributed by atoms with Crippen LogP contribution in [-0.4, -0.2) is 28.2 Å². The van der Waals surface area contributed by atoms with E-state index in [1.165, 1.54) is 11.5 Å². The second-order valence-electron chi connectivity index (χ2n) is 7.66. The van der Waals surface area contributed by atoms with E-state index in [1.54, 1.807) is 18.2 Å². The van der Waals surface area contributed by atoms with Gasteiger partial charge in [0.1, 0.15) is 5.75 Å². The maximum Gasteiger partial charge on any atom is 0.258 e. The van der Waals surface area contributed by atoms with Gasteiger partial charge < -0.3 is 10.1 Å². The minimum atomic E-state index is -0.168. The Labute approximate surface area is 171 Å². The van der Waals surface area contributed by atoms with Gasteiger partial charge >= 0.3 is 0 Å². The number of halogens is 2. The van der Waals surface area contributed by atoms with Crippen molar-refractivity contribution in [3.8, 4) is 5.75 Å². The first kappa shape index (κ1) is 18.7. The lowest BCUT2D eigenvalue weighted by atomic mass is 9.38. The largest absolute Gasteiger partial charge is 0.484 e. The molecule has 0 radical (unpaired) electrons. The summed E-state index contributed by atoms with van der Waals surface area (Å²) in [6.45, 7) is 1.81. The highest BCUT2D eigenvalue weighted by atomic mass is 35.5. The number of amides is 1. The van der Waals surface area contributed by atoms with Crippen LogP contribution in [0, 0.1) is 12.3 Å². The SMILES string of the molecule is Cc1cc(C(=O)CC23CC(NC(=O)COc4ccc(Cl)c(Cl)c4)(C2)C3)sn1. The van der Waals surface area contributed by atoms with Gasteiger partial charge in [0, 0.05) is 18.0 Å². The van der Waals surface area contributed by atoms with Crippen molar-refractivity contribution in [1.82, 2.24) is 9.69 Å². The van der Waals surface area contributed by atoms with Crippen molar-refractivity contribution < 1.29 is 14.3 Å². The summed E-state index contributed by atoms with van der Waals surface area (Å²) in [7, 11) is 0. The van der Waals surface area contributed by atoms with Crippen molar-refractivity contribution in [1.29, 1.82) is 0 Å². The van der Waals surface area contributed by atoms with Crippen LogP contribution in [0.15, 0.2) is 24.3 Å². The summed E-state index contributed by atoms with van der Waals surface area (Å²) >= 11 is 13.1. The molecule has 0 spiro atoms. The Bertz CT molecular complexity index is 908. The minimum absolute atomic E-state index is 0.0484. The topological polar surface area (TPSA) is 68.3 Å². The molecule has 0 saturated heterocycles. The molecular formula is C19H18Cl2N2O3S. The van der Waals surface area contributed by atoms with Gasteiger partial charge in [0.15, 0.2) is 12.4 Å². The Hall–Kier alpha value is -1.63. The third-order valence-corrected chi connectivity index (χ3v) is 6.90. The van der Waals surface area contributed by atoms with E-state index in [1.807, 2.05) is 13.0 Å². The summed E-state index contributed by atoms with van der Waals surface area (Å²) < 4.78 is 9.64. The Balaban J connectivity index is 1.23. The summed E-state index contributed by atoms with van der Waals surface area (Å²) in [4.78, 5) is 25.3. The number of carbonyl (C=O) groups excluding carboxylic acids is 2. The highest BCUT2D eigenvalue weighted by Crippen LogP contribution is 2.69. The summed E-state index contributed by atoms with van der Waals surface area (Å²) in [5.74, 6) is 0.487. The van der Waals surface area contributed by atoms with Gasteiger partial charge in [-0.2, -0.15) is 4.37 Å². The monoisotopic (exact) mass is 424 g/mol. The first-order chi connectivity index (χ1) is 12.8. The smallest absolute Gasteiger partial charge is 0.258 e. The van der Waals surface area contributed by atoms with E-state index >= 15 is 0 Å². The summed E-state index contributed by atoms with van der Waals surface area (Å²) in [6.07, 6.45) is 3.08. The van der Waals surface area contributed by atoms with Gasteiger partial charge in [-0.15, -0.1) is 0 Å². The van der Waals surface area contributed by atoms with Crippen LogP contribution in [0.2, 0.25) is 10.0 Å². The highest BCUT2D eigenvalue weighted by Gasteiger charge is 2.68. The average Bonchev–Trinajstić information content (AvgIpc) is 2.99. The minimum Gasteiger partial charge on any atom is -0.484 e. The number of aromatic nitrogens is 1. The molecule has 0 atom stereocenters. The molecule has 3 fully saturated rings. The number of ketones is 1. The number of nitrogens with one attached hydrogen (secondary N) is 1. The molecule has 1 heterocycles. The summed E-state index contributed by atoms with van der Waals surface area (Å²) in [5.41, 5.74) is 0.765. The van der Waals surface area contributed by atoms with E-state index in [-0.39, 0.29) is 29.3 Å². The van der Waals surface area contributed by atoms with Crippen LogP contribution >= 0.6 is 34.7 Å². The number of rotatable bonds is 7. The predicted octanol–water partition coefficient (Wildman–Crippen LogP) is 4.45. The van der Waals surface area contributed by atoms with Crippen LogP contribution in [0.5, 0.6) is 5.75 Å². The van der Waals surface area contributed by atoms with Gasteiger partial charge in [0.05, 0.1) is 20.6 Å². The number of ether oxygens (including phenoxy) is 1. The molecule has 142 valence electrons. The van der Waals surface area contributed by atoms with Crippen molar-refractivity contribution in [2.24, 2.45) is 5.41 Å². The standard InChI is InChI=1S/C19H18Cl2N2O3S/c1-11-4-16(27-23-11)15(24)6-18-8-19(9-18,10-18)22-17(25)7-26-12-2-3-13(20)14(21)5-12/h2-5H,6-10H2,1H3,(H,22,25). The van der Waals surface area contributed by atoms with Crippen molar-refractivity contribution in [3.63, 3.8) is 0 Å². The quantitative estimate of drug-likeness (QED) is 0.666. The molecule has 2 bridgehead atoms. The van der Waals surface area contributed by atoms with E-state index in [9.17, 15) is 9.59 Å². The van der Waals surface area contributed by atoms with Crippen molar-refractivity contribution >= 4 is 46.4 Å². The molecular weight excluding hydrogens is 407 g/mol. The van der Waals surface area contributed by atoms with Crippen molar-refractivity contribution in [2.75, 3.05) is 6.61 Å². The first-order valence-corrected chi connectivity index (χ1v) is 10.2. The van der Waals surface area contributed by atoms with Crippen LogP contribution in [0.1, 0.15) is 41.0 Å². The average molecular weight is 425 g/mol. The molecule has 0 aliphatic heterocycles. The van der Waals surface area contributed by atoms with Crippen LogP contribution < -0.4 is 10.1 Å². The number of hydrogen-bond donors (Lipinski definition) is 1. The number of nitrogens with zero attached hydrogens (tertiary/aromatic N) is 1. The molecule has 5 rings (SSSR count). The zero-order chi connectivity index (χ0) is 19.2. The van der Waals surface area contributed by atoms with Crippen molar-refractivity contribution in [2.45, 2.75) is 38.1 Å². The number of benzene rings is 1. The lowest BCUT2D eigenvalue weighted by Crippen LogP contribution is -2.75. The Morgan fingerprint density at radius 2 is 1.96 bits per heavy atom. The van der Waals surface area contributed by atoms with Gasteiger partial charge in [-0.3, -0.25) is 9.59 Å². The Morgan fingerprint density at radius 3 is 2.59 bits per heavy atom. The van der Waals surface area contributed by atoms with Crippen LogP contribution in [-0.2, 0) is 4.79 Å². The van der Waals surface area contributed by atoms with E-state index in [0.29, 0.717) is 22.2 Å². The molecule has 3 aliphatic carbocycles. The van der Waals surface area contributed by atoms with Crippen molar-refractivity contribution in [3.05, 3.63) is 44.9 Å². The van der Waals surface area contributed by atoms with E-state index in [0.717, 1.165) is 29.8 Å². The predicted molar refractivity (Wildman–Crippen MR) is 105 cm³/mol. The number of carbonyl (C=O) groups is 2. The fourth-order valence-corrected chi connectivity index (χ4v) is 5.27. The fraction of sp³-hybridized carbons (Fsp3) is 0.421. The number of hydrogen-bond acceptors (Lipinski definition) is 5. The van der Waals surface area contributed by atoms with E-state index in [2.05, 4.69) is 9.69 Å². The third kappa shape index (κ3) is 3.71. The second kappa shape index (κ2) is 6.76. The van der Waals surface area contributed by atoms with Gasteiger partial charge in [0.25, 0.3) is 5.91 Å². The lowest BCUT2D eigenvalue weighted by molar-refractivity contribution is -0.164. The van der Waals surface area contributed by atoms with Crippen LogP contribution in [0.3, 0.4) is 0 Å². The molecule has 1 N–H and O–H groups in total. The Kier molecular flexibility index (Phi) is 4.69. The van der Waals surface area contributed by atoms with E-state index in [4.69, 9.17) is 27.9 Å². The molecule has 1 aromatic heterocycles. The van der Waals surface area contributed by atoms with E-state index < -0.39 is 0 Å². The normalized spacial score (nSPS) is 25.3. The first-order valence-electron chi connectivity index (χ1n) is 8.64. The molecule has 5 nitrogen and oxygen atoms in total. The number of aryl methyl sites for hydroxylation is 1. The van der Waals surface area contributed by atoms with Gasteiger partial charge in [-0.1, -0.05) is 23.2 Å². The fourth-order valence-electron chi connectivity index (χ4n) is 4.29. The van der Waals surface area contributed by atoms with Crippen LogP contribution in [0.4, 0.5) is 0 Å². The number of Topliss-reactive ketones (excluding diaryl/α,β-unsaturated/α-hetero) is 1. The van der Waals surface area contributed by atoms with Gasteiger partial charge in [-0.25, -0.2) is 0 Å². The molecule has 3 saturated carbocycles. The molecule has 1 aromatic carbocycles. The second-order valence-corrected chi connectivity index (χ2v) is 9.28. The van der Waals surface area contributed by atoms with Gasteiger partial charge in [0.2, 0.25) is 0 Å². The van der Waals surface area contributed by atoms with Gasteiger partial charge in [-0.05, 0) is 61.3 Å². The molecule has 27 heavy (non-hydrogen) atoms. The molecule has 1 amide bonds. The highest BCUT2D eigenvalue weighted by molar-refractivity contribution is 7.08. The molecule has 8 heteroatoms. The third-order valence-electron chi connectivity index (χ3n) is 5.24. The summed E-state index contributed by atoms with van der Waals surface area (Å²) in [5, 5.41) is 3.88. The molecule has 2 aromatic rings. The zero-order valence-electron chi connectivity index (χ0n) is 14.7. The maximum atomic E-state index is 12.4. The Morgan fingerprint density at radius 1 is 1.22 bits per heavy atom. The molecule has 0 unspecified atom stereocenters. The van der Waals surface area contributed by atoms with Crippen LogP contribution in [0.25, 0.3) is 0 Å². The summed E-state index contributed by atoms with van der Waals surface area (Å²) in [6, 6.07) is 6.73. The zero-order valence-corrected chi connectivity index (χ0v) is 17.0. The maximum absolute atomic E-state index is 12.4. The lowest BCUT2D eigenvalue weighted by Gasteiger charge is -2.70. The molecule has 3 aliphatic rings.